The van der Waals surface area contributed by atoms with Crippen LogP contribution in [0.4, 0.5) is 0 Å². The van der Waals surface area contributed by atoms with Crippen LogP contribution < -0.4 is 5.46 Å². The molecule has 0 aromatic heterocycles. The Labute approximate surface area is 96.4 Å². The lowest BCUT2D eigenvalue weighted by atomic mass is 9.80. The van der Waals surface area contributed by atoms with Gasteiger partial charge in [-0.1, -0.05) is 35.8 Å². The second-order valence-electron chi connectivity index (χ2n) is 3.96. The first-order valence-corrected chi connectivity index (χ1v) is 5.50. The molecular weight excluding hydrogens is 203 g/mol. The van der Waals surface area contributed by atoms with E-state index in [-0.39, 0.29) is 0 Å². The number of nitrogens with zero attached hydrogens (tertiary/aromatic N) is 2. The van der Waals surface area contributed by atoms with E-state index < -0.39 is 6.41 Å². The molecular formula is C11H16BN2O2. The van der Waals surface area contributed by atoms with Crippen LogP contribution >= 0.6 is 0 Å². The van der Waals surface area contributed by atoms with Gasteiger partial charge in [0, 0.05) is 26.2 Å². The normalized spacial score (nSPS) is 18.9. The van der Waals surface area contributed by atoms with Gasteiger partial charge in [0.2, 0.25) is 13.8 Å². The number of aliphatic hydroxyl groups excluding tert-OH is 1. The quantitative estimate of drug-likeness (QED) is 0.496. The maximum absolute atomic E-state index is 9.01. The van der Waals surface area contributed by atoms with E-state index in [9.17, 15) is 0 Å². The van der Waals surface area contributed by atoms with Gasteiger partial charge in [-0.3, -0.25) is 4.90 Å². The molecule has 1 radical (unpaired) electrons. The fourth-order valence-electron chi connectivity index (χ4n) is 1.85. The molecule has 0 amide bonds. The second kappa shape index (κ2) is 5.45. The van der Waals surface area contributed by atoms with Crippen LogP contribution in [-0.4, -0.2) is 59.9 Å². The number of rotatable bonds is 3. The van der Waals surface area contributed by atoms with Crippen molar-refractivity contribution in [3.05, 3.63) is 30.3 Å². The predicted molar refractivity (Wildman–Crippen MR) is 63.2 cm³/mol. The van der Waals surface area contributed by atoms with Gasteiger partial charge in [0.1, 0.15) is 0 Å². The zero-order valence-electron chi connectivity index (χ0n) is 9.16. The highest BCUT2D eigenvalue weighted by Crippen LogP contribution is 2.01. The molecule has 2 rings (SSSR count). The number of aliphatic hydroxyl groups is 2. The minimum Gasteiger partial charge on any atom is -0.356 e. The summed E-state index contributed by atoms with van der Waals surface area (Å²) in [5.74, 6) is 0. The molecule has 1 fully saturated rings. The Hall–Kier alpha value is -0.875. The van der Waals surface area contributed by atoms with Crippen LogP contribution in [0.25, 0.3) is 0 Å². The van der Waals surface area contributed by atoms with Gasteiger partial charge in [0.05, 0.1) is 0 Å². The van der Waals surface area contributed by atoms with Crippen molar-refractivity contribution < 1.29 is 10.2 Å². The van der Waals surface area contributed by atoms with E-state index in [0.717, 1.165) is 13.1 Å². The van der Waals surface area contributed by atoms with Crippen molar-refractivity contribution in [1.82, 2.24) is 9.71 Å². The first-order valence-electron chi connectivity index (χ1n) is 5.50. The molecule has 4 nitrogen and oxygen atoms in total. The third-order valence-corrected chi connectivity index (χ3v) is 2.81. The zero-order chi connectivity index (χ0) is 11.4. The molecule has 1 aliphatic heterocycles. The number of benzene rings is 1. The molecule has 0 saturated carbocycles. The summed E-state index contributed by atoms with van der Waals surface area (Å²) in [7, 11) is 2.11. The van der Waals surface area contributed by atoms with Crippen LogP contribution in [-0.2, 0) is 0 Å². The van der Waals surface area contributed by atoms with Gasteiger partial charge in [-0.2, -0.15) is 0 Å². The van der Waals surface area contributed by atoms with E-state index in [2.05, 4.69) is 24.4 Å². The van der Waals surface area contributed by atoms with Crippen molar-refractivity contribution in [1.29, 1.82) is 0 Å². The van der Waals surface area contributed by atoms with Gasteiger partial charge in [-0.05, 0) is 0 Å². The molecule has 85 valence electrons. The molecule has 2 N–H and O–H groups in total. The van der Waals surface area contributed by atoms with Gasteiger partial charge in [-0.25, -0.2) is 0 Å². The summed E-state index contributed by atoms with van der Waals surface area (Å²) in [4.78, 5) is 3.85. The van der Waals surface area contributed by atoms with Crippen molar-refractivity contribution in [3.63, 3.8) is 0 Å². The van der Waals surface area contributed by atoms with E-state index in [1.165, 1.54) is 5.46 Å². The molecule has 0 atom stereocenters. The maximum Gasteiger partial charge on any atom is 0.247 e. The van der Waals surface area contributed by atoms with E-state index in [0.29, 0.717) is 13.1 Å². The van der Waals surface area contributed by atoms with E-state index in [4.69, 9.17) is 10.2 Å². The highest BCUT2D eigenvalue weighted by atomic mass is 16.5. The number of hydrogen-bond acceptors (Lipinski definition) is 4. The molecule has 0 aliphatic carbocycles. The standard InChI is InChI=1S/C11H16BN2O2/c15-11(16)13-6-8-14(9-7-13)12-10-4-2-1-3-5-10/h1-5,11,15-16H,6-9H2. The monoisotopic (exact) mass is 219 g/mol. The summed E-state index contributed by atoms with van der Waals surface area (Å²) in [5, 5.41) is 18.0. The van der Waals surface area contributed by atoms with Crippen molar-refractivity contribution in [3.8, 4) is 0 Å². The molecule has 0 unspecified atom stereocenters. The fourth-order valence-corrected chi connectivity index (χ4v) is 1.85. The molecule has 1 aliphatic rings. The number of piperazine rings is 1. The highest BCUT2D eigenvalue weighted by Gasteiger charge is 2.20. The molecule has 5 heteroatoms. The third-order valence-electron chi connectivity index (χ3n) is 2.81. The van der Waals surface area contributed by atoms with Gasteiger partial charge in [0.25, 0.3) is 0 Å². The Bertz CT molecular complexity index is 313. The van der Waals surface area contributed by atoms with Crippen molar-refractivity contribution >= 4 is 12.9 Å². The smallest absolute Gasteiger partial charge is 0.247 e. The Morgan fingerprint density at radius 3 is 2.19 bits per heavy atom. The third kappa shape index (κ3) is 3.06. The van der Waals surface area contributed by atoms with Crippen LogP contribution in [0.3, 0.4) is 0 Å². The summed E-state index contributed by atoms with van der Waals surface area (Å²) in [5.41, 5.74) is 1.18. The van der Waals surface area contributed by atoms with Gasteiger partial charge < -0.3 is 15.0 Å². The summed E-state index contributed by atoms with van der Waals surface area (Å²) in [6, 6.07) is 10.1. The fraction of sp³-hybridized carbons (Fsp3) is 0.455. The van der Waals surface area contributed by atoms with Crippen LogP contribution in [0.2, 0.25) is 0 Å². The van der Waals surface area contributed by atoms with Crippen molar-refractivity contribution in [2.45, 2.75) is 6.41 Å². The average molecular weight is 219 g/mol. The van der Waals surface area contributed by atoms with Crippen molar-refractivity contribution in [2.24, 2.45) is 0 Å². The van der Waals surface area contributed by atoms with Gasteiger partial charge in [-0.15, -0.1) is 0 Å². The Kier molecular flexibility index (Phi) is 3.95. The SMILES string of the molecule is OC(O)N1CCN([B]c2ccccc2)CC1. The summed E-state index contributed by atoms with van der Waals surface area (Å²) in [6.45, 7) is 3.01. The second-order valence-corrected chi connectivity index (χ2v) is 3.96. The lowest BCUT2D eigenvalue weighted by molar-refractivity contribution is -0.161. The van der Waals surface area contributed by atoms with Crippen molar-refractivity contribution in [2.75, 3.05) is 26.2 Å². The summed E-state index contributed by atoms with van der Waals surface area (Å²) < 4.78 is 0. The predicted octanol–water partition coefficient (Wildman–Crippen LogP) is -1.18. The van der Waals surface area contributed by atoms with Gasteiger partial charge >= 0.3 is 0 Å². The first-order chi connectivity index (χ1) is 7.75. The minimum absolute atomic E-state index is 0.682. The zero-order valence-corrected chi connectivity index (χ0v) is 9.16. The van der Waals surface area contributed by atoms with Crippen LogP contribution in [0.15, 0.2) is 30.3 Å². The Morgan fingerprint density at radius 2 is 1.62 bits per heavy atom. The lowest BCUT2D eigenvalue weighted by Crippen LogP contribution is -2.53. The molecule has 1 aromatic rings. The maximum atomic E-state index is 9.01. The molecule has 0 spiro atoms. The highest BCUT2D eigenvalue weighted by molar-refractivity contribution is 6.50. The lowest BCUT2D eigenvalue weighted by Gasteiger charge is -2.35. The molecule has 1 heterocycles. The summed E-state index contributed by atoms with van der Waals surface area (Å²) >= 11 is 0. The van der Waals surface area contributed by atoms with Gasteiger partial charge in [0.15, 0.2) is 0 Å². The van der Waals surface area contributed by atoms with Crippen LogP contribution in [0, 0.1) is 0 Å². The van der Waals surface area contributed by atoms with E-state index in [1.807, 2.05) is 18.2 Å². The molecule has 1 saturated heterocycles. The Balaban J connectivity index is 1.82. The molecule has 16 heavy (non-hydrogen) atoms. The van der Waals surface area contributed by atoms with Crippen LogP contribution in [0.5, 0.6) is 0 Å². The topological polar surface area (TPSA) is 46.9 Å². The summed E-state index contributed by atoms with van der Waals surface area (Å²) in [6.07, 6.45) is -1.32. The molecule has 1 aromatic carbocycles. The largest absolute Gasteiger partial charge is 0.356 e. The van der Waals surface area contributed by atoms with E-state index in [1.54, 1.807) is 4.90 Å². The Morgan fingerprint density at radius 1 is 1.00 bits per heavy atom. The average Bonchev–Trinajstić information content (AvgIpc) is 2.31. The molecule has 0 bridgehead atoms. The minimum atomic E-state index is -1.32. The number of hydrogen-bond donors (Lipinski definition) is 2. The first kappa shape index (κ1) is 11.6. The van der Waals surface area contributed by atoms with E-state index >= 15 is 0 Å². The van der Waals surface area contributed by atoms with Crippen LogP contribution in [0.1, 0.15) is 0 Å².